The molecule has 2 rings (SSSR count). The number of nitrogens with zero attached hydrogens (tertiary/aromatic N) is 4. The van der Waals surface area contributed by atoms with Gasteiger partial charge in [-0.05, 0) is 12.3 Å². The van der Waals surface area contributed by atoms with E-state index in [1.165, 1.54) is 11.3 Å². The minimum Gasteiger partial charge on any atom is -0.340 e. The Hall–Kier alpha value is -1.86. The van der Waals surface area contributed by atoms with Gasteiger partial charge in [0.05, 0.1) is 6.20 Å². The van der Waals surface area contributed by atoms with Crippen LogP contribution in [0.2, 0.25) is 0 Å². The van der Waals surface area contributed by atoms with Gasteiger partial charge in [-0.2, -0.15) is 0 Å². The SMILES string of the molecule is CC(C)C(N)CCN(C)C(=O)c1csc(-c2cnccn2)n1. The second-order valence-corrected chi connectivity index (χ2v) is 6.41. The zero-order valence-corrected chi connectivity index (χ0v) is 13.9. The molecule has 0 aromatic carbocycles. The molecule has 0 aliphatic heterocycles. The summed E-state index contributed by atoms with van der Waals surface area (Å²) in [5.74, 6) is 0.313. The maximum atomic E-state index is 12.4. The first-order valence-electron chi connectivity index (χ1n) is 7.22. The van der Waals surface area contributed by atoms with Crippen LogP contribution in [0.3, 0.4) is 0 Å². The van der Waals surface area contributed by atoms with Crippen LogP contribution in [-0.2, 0) is 0 Å². The van der Waals surface area contributed by atoms with Crippen LogP contribution >= 0.6 is 11.3 Å². The molecule has 0 fully saturated rings. The van der Waals surface area contributed by atoms with Crippen LogP contribution in [0.25, 0.3) is 10.7 Å². The molecule has 1 amide bonds. The predicted octanol–water partition coefficient (Wildman–Crippen LogP) is 2.05. The number of rotatable bonds is 6. The van der Waals surface area contributed by atoms with Crippen molar-refractivity contribution < 1.29 is 4.79 Å². The monoisotopic (exact) mass is 319 g/mol. The molecule has 0 aliphatic carbocycles. The molecular weight excluding hydrogens is 298 g/mol. The van der Waals surface area contributed by atoms with Gasteiger partial charge in [-0.1, -0.05) is 13.8 Å². The normalized spacial score (nSPS) is 12.4. The van der Waals surface area contributed by atoms with E-state index in [1.54, 1.807) is 35.9 Å². The average Bonchev–Trinajstić information content (AvgIpc) is 3.02. The number of aromatic nitrogens is 3. The molecule has 2 aromatic rings. The van der Waals surface area contributed by atoms with Gasteiger partial charge < -0.3 is 10.6 Å². The third-order valence-corrected chi connectivity index (χ3v) is 4.37. The highest BCUT2D eigenvalue weighted by molar-refractivity contribution is 7.13. The number of carbonyl (C=O) groups excluding carboxylic acids is 1. The molecule has 0 saturated carbocycles. The molecule has 7 heteroatoms. The summed E-state index contributed by atoms with van der Waals surface area (Å²) in [4.78, 5) is 26.6. The standard InChI is InChI=1S/C15H21N5OS/c1-10(2)11(16)4-7-20(3)15(21)13-9-22-14(19-13)12-8-17-5-6-18-12/h5-6,8-11H,4,7,16H2,1-3H3. The molecule has 2 heterocycles. The summed E-state index contributed by atoms with van der Waals surface area (Å²) in [5.41, 5.74) is 7.13. The molecule has 2 N–H and O–H groups in total. The minimum atomic E-state index is -0.0950. The van der Waals surface area contributed by atoms with Crippen LogP contribution in [0.1, 0.15) is 30.8 Å². The van der Waals surface area contributed by atoms with E-state index < -0.39 is 0 Å². The van der Waals surface area contributed by atoms with E-state index in [4.69, 9.17) is 5.73 Å². The smallest absolute Gasteiger partial charge is 0.273 e. The largest absolute Gasteiger partial charge is 0.340 e. The van der Waals surface area contributed by atoms with Crippen molar-refractivity contribution in [3.05, 3.63) is 29.7 Å². The number of carbonyl (C=O) groups is 1. The van der Waals surface area contributed by atoms with Gasteiger partial charge in [0.25, 0.3) is 5.91 Å². The lowest BCUT2D eigenvalue weighted by molar-refractivity contribution is 0.0784. The molecule has 118 valence electrons. The molecule has 1 unspecified atom stereocenters. The molecule has 0 radical (unpaired) electrons. The maximum Gasteiger partial charge on any atom is 0.273 e. The van der Waals surface area contributed by atoms with E-state index in [1.807, 2.05) is 0 Å². The second-order valence-electron chi connectivity index (χ2n) is 5.55. The molecule has 2 aromatic heterocycles. The third-order valence-electron chi connectivity index (χ3n) is 3.51. The van der Waals surface area contributed by atoms with Crippen LogP contribution in [0.4, 0.5) is 0 Å². The van der Waals surface area contributed by atoms with Crippen molar-refractivity contribution in [2.45, 2.75) is 26.3 Å². The van der Waals surface area contributed by atoms with Gasteiger partial charge in [-0.25, -0.2) is 4.98 Å². The molecule has 0 bridgehead atoms. The Morgan fingerprint density at radius 1 is 1.41 bits per heavy atom. The van der Waals surface area contributed by atoms with Gasteiger partial charge in [-0.15, -0.1) is 11.3 Å². The van der Waals surface area contributed by atoms with E-state index in [0.29, 0.717) is 28.9 Å². The Kier molecular flexibility index (Phi) is 5.57. The van der Waals surface area contributed by atoms with E-state index in [2.05, 4.69) is 28.8 Å². The van der Waals surface area contributed by atoms with Crippen molar-refractivity contribution in [2.75, 3.05) is 13.6 Å². The Labute approximate surface area is 134 Å². The van der Waals surface area contributed by atoms with Gasteiger partial charge in [0.1, 0.15) is 16.4 Å². The third kappa shape index (κ3) is 4.08. The fourth-order valence-electron chi connectivity index (χ4n) is 1.87. The Balaban J connectivity index is 2.00. The maximum absolute atomic E-state index is 12.4. The van der Waals surface area contributed by atoms with Crippen LogP contribution in [0.15, 0.2) is 24.0 Å². The van der Waals surface area contributed by atoms with Gasteiger partial charge in [0.2, 0.25) is 0 Å². The Morgan fingerprint density at radius 3 is 2.82 bits per heavy atom. The van der Waals surface area contributed by atoms with Crippen LogP contribution in [0, 0.1) is 5.92 Å². The molecule has 0 spiro atoms. The number of thiazole rings is 1. The highest BCUT2D eigenvalue weighted by Gasteiger charge is 2.18. The van der Waals surface area contributed by atoms with Crippen LogP contribution < -0.4 is 5.73 Å². The van der Waals surface area contributed by atoms with Crippen molar-refractivity contribution in [3.8, 4) is 10.7 Å². The van der Waals surface area contributed by atoms with Crippen molar-refractivity contribution in [1.82, 2.24) is 19.9 Å². The lowest BCUT2D eigenvalue weighted by Crippen LogP contribution is -2.34. The first-order valence-corrected chi connectivity index (χ1v) is 8.10. The van der Waals surface area contributed by atoms with Crippen LogP contribution in [0.5, 0.6) is 0 Å². The van der Waals surface area contributed by atoms with Gasteiger partial charge >= 0.3 is 0 Å². The second kappa shape index (κ2) is 7.42. The zero-order chi connectivity index (χ0) is 16.1. The molecule has 6 nitrogen and oxygen atoms in total. The molecule has 1 atom stereocenters. The van der Waals surface area contributed by atoms with E-state index in [0.717, 1.165) is 6.42 Å². The van der Waals surface area contributed by atoms with Crippen molar-refractivity contribution >= 4 is 17.2 Å². The first-order chi connectivity index (χ1) is 10.5. The van der Waals surface area contributed by atoms with Gasteiger partial charge in [-0.3, -0.25) is 14.8 Å². The summed E-state index contributed by atoms with van der Waals surface area (Å²) in [5, 5.41) is 2.45. The van der Waals surface area contributed by atoms with Crippen molar-refractivity contribution in [3.63, 3.8) is 0 Å². The minimum absolute atomic E-state index is 0.0950. The highest BCUT2D eigenvalue weighted by atomic mass is 32.1. The zero-order valence-electron chi connectivity index (χ0n) is 13.1. The highest BCUT2D eigenvalue weighted by Crippen LogP contribution is 2.21. The molecular formula is C15H21N5OS. The summed E-state index contributed by atoms with van der Waals surface area (Å²) in [6.45, 7) is 4.79. The van der Waals surface area contributed by atoms with Gasteiger partial charge in [0.15, 0.2) is 0 Å². The van der Waals surface area contributed by atoms with E-state index in [-0.39, 0.29) is 11.9 Å². The van der Waals surface area contributed by atoms with Gasteiger partial charge in [0, 0.05) is 37.4 Å². The summed E-state index contributed by atoms with van der Waals surface area (Å²) in [6, 6.07) is 0.0980. The topological polar surface area (TPSA) is 85.0 Å². The number of nitrogens with two attached hydrogens (primary N) is 1. The summed E-state index contributed by atoms with van der Waals surface area (Å²) in [6.07, 6.45) is 5.63. The predicted molar refractivity (Wildman–Crippen MR) is 87.5 cm³/mol. The Bertz CT molecular complexity index is 613. The number of hydrogen-bond donors (Lipinski definition) is 1. The summed E-state index contributed by atoms with van der Waals surface area (Å²) in [7, 11) is 1.77. The molecule has 0 aliphatic rings. The van der Waals surface area contributed by atoms with E-state index in [9.17, 15) is 4.79 Å². The lowest BCUT2D eigenvalue weighted by Gasteiger charge is -2.20. The van der Waals surface area contributed by atoms with Crippen LogP contribution in [-0.4, -0.2) is 45.4 Å². The number of amides is 1. The summed E-state index contributed by atoms with van der Waals surface area (Å²) < 4.78 is 0. The molecule has 0 saturated heterocycles. The molecule has 22 heavy (non-hydrogen) atoms. The number of hydrogen-bond acceptors (Lipinski definition) is 6. The average molecular weight is 319 g/mol. The van der Waals surface area contributed by atoms with Crippen molar-refractivity contribution in [2.24, 2.45) is 11.7 Å². The quantitative estimate of drug-likeness (QED) is 0.880. The fraction of sp³-hybridized carbons (Fsp3) is 0.467. The first kappa shape index (κ1) is 16.5. The van der Waals surface area contributed by atoms with E-state index >= 15 is 0 Å². The summed E-state index contributed by atoms with van der Waals surface area (Å²) >= 11 is 1.39. The fourth-order valence-corrected chi connectivity index (χ4v) is 2.63. The lowest BCUT2D eigenvalue weighted by atomic mass is 10.0. The van der Waals surface area contributed by atoms with Crippen molar-refractivity contribution in [1.29, 1.82) is 0 Å². The Morgan fingerprint density at radius 2 is 2.18 bits per heavy atom.